The van der Waals surface area contributed by atoms with Crippen LogP contribution in [0.4, 0.5) is 13.2 Å². The van der Waals surface area contributed by atoms with Gasteiger partial charge in [-0.2, -0.15) is 23.4 Å². The molecule has 0 unspecified atom stereocenters. The van der Waals surface area contributed by atoms with Gasteiger partial charge in [-0.15, -0.1) is 0 Å². The minimum atomic E-state index is -3.08. The van der Waals surface area contributed by atoms with Gasteiger partial charge in [-0.25, -0.2) is 0 Å². The summed E-state index contributed by atoms with van der Waals surface area (Å²) in [6.45, 7) is -3.08. The number of ether oxygens (including phenoxy) is 1. The maximum Gasteiger partial charge on any atom is 0.388 e. The standard InChI is InChI=1S/C8H5F3N2O/c9-6-2-1-5(3-4-12)7(13-6)14-8(10)11/h1-2,8H,3H2. The minimum Gasteiger partial charge on any atom is -0.416 e. The molecular weight excluding hydrogens is 197 g/mol. The third-order valence-corrected chi connectivity index (χ3v) is 1.38. The third-order valence-electron chi connectivity index (χ3n) is 1.38. The number of hydrogen-bond donors (Lipinski definition) is 0. The van der Waals surface area contributed by atoms with Crippen LogP contribution in [0.25, 0.3) is 0 Å². The average Bonchev–Trinajstić information content (AvgIpc) is 2.09. The molecular formula is C8H5F3N2O. The number of halogens is 3. The van der Waals surface area contributed by atoms with E-state index in [0.29, 0.717) is 0 Å². The van der Waals surface area contributed by atoms with E-state index >= 15 is 0 Å². The average molecular weight is 202 g/mol. The van der Waals surface area contributed by atoms with E-state index in [0.717, 1.165) is 6.07 Å². The Labute approximate surface area is 77.7 Å². The highest BCUT2D eigenvalue weighted by molar-refractivity contribution is 5.28. The molecule has 3 nitrogen and oxygen atoms in total. The summed E-state index contributed by atoms with van der Waals surface area (Å²) in [6.07, 6.45) is -0.157. The van der Waals surface area contributed by atoms with Crippen LogP contribution < -0.4 is 4.74 Å². The fraction of sp³-hybridized carbons (Fsp3) is 0.250. The first-order valence-electron chi connectivity index (χ1n) is 3.60. The van der Waals surface area contributed by atoms with E-state index in [1.807, 2.05) is 0 Å². The summed E-state index contributed by atoms with van der Waals surface area (Å²) < 4.78 is 40.1. The molecule has 0 aliphatic rings. The predicted octanol–water partition coefficient (Wildman–Crippen LogP) is 1.89. The van der Waals surface area contributed by atoms with E-state index in [1.54, 1.807) is 6.07 Å². The second-order valence-corrected chi connectivity index (χ2v) is 2.31. The first-order chi connectivity index (χ1) is 6.63. The maximum atomic E-state index is 12.5. The van der Waals surface area contributed by atoms with Gasteiger partial charge in [0.15, 0.2) is 0 Å². The van der Waals surface area contributed by atoms with Crippen LogP contribution >= 0.6 is 0 Å². The molecule has 0 bridgehead atoms. The van der Waals surface area contributed by atoms with Crippen LogP contribution in [0.15, 0.2) is 12.1 Å². The summed E-state index contributed by atoms with van der Waals surface area (Å²) in [5.41, 5.74) is 0.134. The lowest BCUT2D eigenvalue weighted by molar-refractivity contribution is -0.0538. The Balaban J connectivity index is 2.97. The summed E-state index contributed by atoms with van der Waals surface area (Å²) >= 11 is 0. The van der Waals surface area contributed by atoms with E-state index in [-0.39, 0.29) is 12.0 Å². The molecule has 14 heavy (non-hydrogen) atoms. The van der Waals surface area contributed by atoms with E-state index in [1.165, 1.54) is 6.07 Å². The number of rotatable bonds is 3. The topological polar surface area (TPSA) is 45.9 Å². The van der Waals surface area contributed by atoms with Crippen molar-refractivity contribution in [1.82, 2.24) is 4.98 Å². The minimum absolute atomic E-state index is 0.134. The molecule has 1 heterocycles. The van der Waals surface area contributed by atoms with Crippen molar-refractivity contribution in [2.75, 3.05) is 0 Å². The van der Waals surface area contributed by atoms with Crippen LogP contribution in [0.5, 0.6) is 5.88 Å². The zero-order valence-electron chi connectivity index (χ0n) is 6.88. The van der Waals surface area contributed by atoms with Crippen molar-refractivity contribution in [2.24, 2.45) is 0 Å². The second kappa shape index (κ2) is 4.46. The number of nitrogens with zero attached hydrogens (tertiary/aromatic N) is 2. The van der Waals surface area contributed by atoms with Gasteiger partial charge in [0.2, 0.25) is 11.8 Å². The van der Waals surface area contributed by atoms with Crippen molar-refractivity contribution in [3.05, 3.63) is 23.6 Å². The van der Waals surface area contributed by atoms with E-state index in [2.05, 4.69) is 9.72 Å². The van der Waals surface area contributed by atoms with Gasteiger partial charge in [0, 0.05) is 5.56 Å². The first kappa shape index (κ1) is 10.3. The van der Waals surface area contributed by atoms with Gasteiger partial charge in [0.25, 0.3) is 0 Å². The van der Waals surface area contributed by atoms with Crippen LogP contribution in [0.2, 0.25) is 0 Å². The van der Waals surface area contributed by atoms with Gasteiger partial charge in [-0.1, -0.05) is 0 Å². The van der Waals surface area contributed by atoms with Crippen molar-refractivity contribution >= 4 is 0 Å². The molecule has 74 valence electrons. The van der Waals surface area contributed by atoms with Crippen LogP contribution in [0.1, 0.15) is 5.56 Å². The van der Waals surface area contributed by atoms with Gasteiger partial charge in [-0.05, 0) is 12.1 Å². The Morgan fingerprint density at radius 2 is 2.21 bits per heavy atom. The summed E-state index contributed by atoms with van der Waals surface area (Å²) in [6, 6.07) is 3.89. The molecule has 0 saturated carbocycles. The van der Waals surface area contributed by atoms with Gasteiger partial charge in [0.05, 0.1) is 12.5 Å². The smallest absolute Gasteiger partial charge is 0.388 e. The molecule has 0 atom stereocenters. The Hall–Kier alpha value is -1.77. The van der Waals surface area contributed by atoms with Crippen molar-refractivity contribution < 1.29 is 17.9 Å². The second-order valence-electron chi connectivity index (χ2n) is 2.31. The highest BCUT2D eigenvalue weighted by Gasteiger charge is 2.11. The quantitative estimate of drug-likeness (QED) is 0.703. The fourth-order valence-electron chi connectivity index (χ4n) is 0.853. The summed E-state index contributed by atoms with van der Waals surface area (Å²) in [7, 11) is 0. The highest BCUT2D eigenvalue weighted by Crippen LogP contribution is 2.18. The van der Waals surface area contributed by atoms with Gasteiger partial charge in [-0.3, -0.25) is 0 Å². The Bertz CT molecular complexity index is 362. The summed E-state index contributed by atoms with van der Waals surface area (Å²) in [5.74, 6) is -1.47. The van der Waals surface area contributed by atoms with Gasteiger partial charge >= 0.3 is 6.61 Å². The van der Waals surface area contributed by atoms with Crippen molar-refractivity contribution in [1.29, 1.82) is 5.26 Å². The fourth-order valence-corrected chi connectivity index (χ4v) is 0.853. The van der Waals surface area contributed by atoms with Crippen molar-refractivity contribution in [2.45, 2.75) is 13.0 Å². The molecule has 0 saturated heterocycles. The predicted molar refractivity (Wildman–Crippen MR) is 40.1 cm³/mol. The van der Waals surface area contributed by atoms with E-state index < -0.39 is 18.4 Å². The Morgan fingerprint density at radius 3 is 2.79 bits per heavy atom. The number of aromatic nitrogens is 1. The molecule has 6 heteroatoms. The van der Waals surface area contributed by atoms with Crippen LogP contribution in [0, 0.1) is 17.3 Å². The molecule has 1 rings (SSSR count). The molecule has 0 aliphatic heterocycles. The summed E-state index contributed by atoms with van der Waals surface area (Å²) in [5, 5.41) is 8.33. The number of nitriles is 1. The largest absolute Gasteiger partial charge is 0.416 e. The lowest BCUT2D eigenvalue weighted by Gasteiger charge is -2.06. The molecule has 0 fully saturated rings. The van der Waals surface area contributed by atoms with E-state index in [4.69, 9.17) is 5.26 Å². The van der Waals surface area contributed by atoms with Crippen LogP contribution in [0.3, 0.4) is 0 Å². The zero-order chi connectivity index (χ0) is 10.6. The molecule has 1 aromatic rings. The normalized spacial score (nSPS) is 9.93. The summed E-state index contributed by atoms with van der Waals surface area (Å²) in [4.78, 5) is 3.11. The third kappa shape index (κ3) is 2.62. The van der Waals surface area contributed by atoms with Crippen molar-refractivity contribution in [3.8, 4) is 11.9 Å². The van der Waals surface area contributed by atoms with Gasteiger partial charge in [0.1, 0.15) is 0 Å². The number of alkyl halides is 2. The number of pyridine rings is 1. The molecule has 0 radical (unpaired) electrons. The Morgan fingerprint density at radius 1 is 1.50 bits per heavy atom. The van der Waals surface area contributed by atoms with E-state index in [9.17, 15) is 13.2 Å². The van der Waals surface area contributed by atoms with Crippen LogP contribution in [-0.2, 0) is 6.42 Å². The van der Waals surface area contributed by atoms with Gasteiger partial charge < -0.3 is 4.74 Å². The first-order valence-corrected chi connectivity index (χ1v) is 3.60. The van der Waals surface area contributed by atoms with Crippen molar-refractivity contribution in [3.63, 3.8) is 0 Å². The molecule has 1 aromatic heterocycles. The maximum absolute atomic E-state index is 12.5. The molecule has 0 N–H and O–H groups in total. The Kier molecular flexibility index (Phi) is 3.29. The monoisotopic (exact) mass is 202 g/mol. The lowest BCUT2D eigenvalue weighted by atomic mass is 10.2. The molecule has 0 amide bonds. The SMILES string of the molecule is N#CCc1ccc(F)nc1OC(F)F. The highest BCUT2D eigenvalue weighted by atomic mass is 19.3. The molecule has 0 aliphatic carbocycles. The van der Waals surface area contributed by atoms with Crippen LogP contribution in [-0.4, -0.2) is 11.6 Å². The zero-order valence-corrected chi connectivity index (χ0v) is 6.88. The lowest BCUT2D eigenvalue weighted by Crippen LogP contribution is -2.07. The molecule has 0 spiro atoms. The number of hydrogen-bond acceptors (Lipinski definition) is 3. The molecule has 0 aromatic carbocycles.